The summed E-state index contributed by atoms with van der Waals surface area (Å²) in [5, 5.41) is 3.32. The van der Waals surface area contributed by atoms with Gasteiger partial charge in [-0.15, -0.1) is 0 Å². The molecule has 0 spiro atoms. The molecule has 45 heavy (non-hydrogen) atoms. The third-order valence-corrected chi connectivity index (χ3v) is 9.47. The molecule has 3 aliphatic rings. The Hall–Kier alpha value is -3.01. The molecule has 2 fully saturated rings. The topological polar surface area (TPSA) is 54.0 Å². The summed E-state index contributed by atoms with van der Waals surface area (Å²) >= 11 is 7.00. The summed E-state index contributed by atoms with van der Waals surface area (Å²) in [5.74, 6) is -0.0492. The van der Waals surface area contributed by atoms with E-state index < -0.39 is 0 Å². The Bertz CT molecular complexity index is 1380. The maximum Gasteiger partial charge on any atom is 0.266 e. The number of allylic oxidation sites excluding steroid dienone is 8. The lowest BCUT2D eigenvalue weighted by Gasteiger charge is -2.26. The molecule has 1 aromatic carbocycles. The molecule has 0 saturated carbocycles. The van der Waals surface area contributed by atoms with E-state index >= 15 is 0 Å². The molecule has 0 aromatic heterocycles. The molecule has 1 atom stereocenters. The zero-order valence-corrected chi connectivity index (χ0v) is 28.6. The smallest absolute Gasteiger partial charge is 0.266 e. The van der Waals surface area contributed by atoms with Crippen molar-refractivity contribution in [1.29, 1.82) is 0 Å². The molecule has 6 nitrogen and oxygen atoms in total. The summed E-state index contributed by atoms with van der Waals surface area (Å²) in [6.45, 7) is 17.1. The zero-order chi connectivity index (χ0) is 32.0. The average Bonchev–Trinajstić information content (AvgIpc) is 3.57. The predicted octanol–water partition coefficient (Wildman–Crippen LogP) is 6.83. The molecule has 4 rings (SSSR count). The van der Waals surface area contributed by atoms with Gasteiger partial charge in [-0.1, -0.05) is 84.7 Å². The number of amides is 1. The molecule has 2 saturated heterocycles. The van der Waals surface area contributed by atoms with Gasteiger partial charge in [0.25, 0.3) is 5.91 Å². The van der Waals surface area contributed by atoms with Crippen LogP contribution < -0.4 is 5.32 Å². The van der Waals surface area contributed by atoms with Gasteiger partial charge in [0.15, 0.2) is 0 Å². The van der Waals surface area contributed by atoms with Gasteiger partial charge in [0.1, 0.15) is 4.32 Å². The number of thioether (sulfide) groups is 1. The van der Waals surface area contributed by atoms with Crippen LogP contribution in [0.3, 0.4) is 0 Å². The highest BCUT2D eigenvalue weighted by Gasteiger charge is 2.31. The van der Waals surface area contributed by atoms with Crippen LogP contribution in [0.2, 0.25) is 0 Å². The van der Waals surface area contributed by atoms with Crippen LogP contribution in [-0.4, -0.2) is 78.7 Å². The minimum atomic E-state index is -0.0492. The van der Waals surface area contributed by atoms with E-state index in [1.165, 1.54) is 28.5 Å². The molecule has 0 radical (unpaired) electrons. The Morgan fingerprint density at radius 2 is 2.00 bits per heavy atom. The van der Waals surface area contributed by atoms with Crippen molar-refractivity contribution < 1.29 is 14.3 Å². The molecular weight excluding hydrogens is 599 g/mol. The first-order valence-corrected chi connectivity index (χ1v) is 17.1. The number of hydrogen-bond acceptors (Lipinski definition) is 7. The van der Waals surface area contributed by atoms with Gasteiger partial charge in [-0.3, -0.25) is 14.6 Å². The van der Waals surface area contributed by atoms with Crippen molar-refractivity contribution in [1.82, 2.24) is 15.1 Å². The highest BCUT2D eigenvalue weighted by atomic mass is 32.2. The third kappa shape index (κ3) is 11.1. The van der Waals surface area contributed by atoms with Crippen molar-refractivity contribution in [2.75, 3.05) is 52.6 Å². The van der Waals surface area contributed by atoms with Gasteiger partial charge in [-0.05, 0) is 92.3 Å². The quantitative estimate of drug-likeness (QED) is 0.0972. The summed E-state index contributed by atoms with van der Waals surface area (Å²) in [5.41, 5.74) is 6.62. The van der Waals surface area contributed by atoms with Crippen molar-refractivity contribution in [3.63, 3.8) is 0 Å². The Morgan fingerprint density at radius 1 is 1.22 bits per heavy atom. The van der Waals surface area contributed by atoms with E-state index in [0.29, 0.717) is 35.0 Å². The van der Waals surface area contributed by atoms with Gasteiger partial charge in [0.2, 0.25) is 0 Å². The van der Waals surface area contributed by atoms with Gasteiger partial charge in [-0.2, -0.15) is 0 Å². The maximum atomic E-state index is 13.5. The van der Waals surface area contributed by atoms with Crippen molar-refractivity contribution in [3.8, 4) is 0 Å². The van der Waals surface area contributed by atoms with Gasteiger partial charge in [0, 0.05) is 38.8 Å². The van der Waals surface area contributed by atoms with Gasteiger partial charge < -0.3 is 14.8 Å². The van der Waals surface area contributed by atoms with Crippen LogP contribution in [0.4, 0.5) is 0 Å². The van der Waals surface area contributed by atoms with Crippen LogP contribution >= 0.6 is 24.0 Å². The first-order chi connectivity index (χ1) is 21.8. The largest absolute Gasteiger partial charge is 0.384 e. The Balaban J connectivity index is 1.42. The van der Waals surface area contributed by atoms with Gasteiger partial charge >= 0.3 is 0 Å². The Kier molecular flexibility index (Phi) is 14.1. The summed E-state index contributed by atoms with van der Waals surface area (Å²) in [7, 11) is 0. The summed E-state index contributed by atoms with van der Waals surface area (Å²) in [6, 6.07) is 8.73. The molecule has 1 unspecified atom stereocenters. The Morgan fingerprint density at radius 3 is 2.71 bits per heavy atom. The maximum absolute atomic E-state index is 13.5. The van der Waals surface area contributed by atoms with E-state index in [4.69, 9.17) is 21.7 Å². The highest BCUT2D eigenvalue weighted by Crippen LogP contribution is 2.33. The summed E-state index contributed by atoms with van der Waals surface area (Å²) in [4.78, 5) is 18.2. The van der Waals surface area contributed by atoms with E-state index in [0.717, 1.165) is 68.8 Å². The summed E-state index contributed by atoms with van der Waals surface area (Å²) in [6.07, 6.45) is 19.0. The number of thiocarbonyl (C=S) groups is 1. The van der Waals surface area contributed by atoms with Crippen LogP contribution in [0.15, 0.2) is 107 Å². The number of ether oxygens (including phenoxy) is 2. The van der Waals surface area contributed by atoms with E-state index in [-0.39, 0.29) is 5.91 Å². The number of aryl methyl sites for hydroxylation is 1. The Labute approximate surface area is 279 Å². The number of carbonyl (C=O) groups excluding carboxylic acids is 1. The molecule has 8 heteroatoms. The van der Waals surface area contributed by atoms with E-state index in [1.807, 2.05) is 37.4 Å². The van der Waals surface area contributed by atoms with Crippen LogP contribution in [0, 0.1) is 6.92 Å². The van der Waals surface area contributed by atoms with Crippen molar-refractivity contribution >= 4 is 34.2 Å². The molecule has 0 bridgehead atoms. The van der Waals surface area contributed by atoms with Crippen LogP contribution in [0.25, 0.3) is 0 Å². The number of benzene rings is 1. The SMILES string of the molecule is C=C(/C=C(\C=C/COCCCN1CCOCC1)/C=C1\SC(=S)N(CCc2ccc(C)cc2)C1=O)/C(=C/C)C/C=C1/C=CNC1C. The number of carbonyl (C=O) groups is 1. The van der Waals surface area contributed by atoms with Crippen molar-refractivity contribution in [2.45, 2.75) is 46.1 Å². The lowest BCUT2D eigenvalue weighted by molar-refractivity contribution is -0.122. The molecule has 1 aromatic rings. The fourth-order valence-corrected chi connectivity index (χ4v) is 6.57. The predicted molar refractivity (Wildman–Crippen MR) is 192 cm³/mol. The van der Waals surface area contributed by atoms with E-state index in [1.54, 1.807) is 4.90 Å². The molecule has 1 N–H and O–H groups in total. The minimum absolute atomic E-state index is 0.0492. The van der Waals surface area contributed by atoms with Gasteiger partial charge in [0.05, 0.1) is 24.7 Å². The number of hydrogen-bond donors (Lipinski definition) is 1. The van der Waals surface area contributed by atoms with Crippen molar-refractivity contribution in [2.24, 2.45) is 0 Å². The monoisotopic (exact) mass is 645 g/mol. The molecule has 3 heterocycles. The first-order valence-electron chi connectivity index (χ1n) is 15.9. The van der Waals surface area contributed by atoms with Crippen LogP contribution in [0.5, 0.6) is 0 Å². The molecule has 3 aliphatic heterocycles. The lowest BCUT2D eigenvalue weighted by Crippen LogP contribution is -2.37. The van der Waals surface area contributed by atoms with Crippen LogP contribution in [-0.2, 0) is 20.7 Å². The molecule has 240 valence electrons. The van der Waals surface area contributed by atoms with E-state index in [2.05, 4.69) is 73.1 Å². The zero-order valence-electron chi connectivity index (χ0n) is 26.9. The number of nitrogens with zero attached hydrogens (tertiary/aromatic N) is 2. The second-order valence-electron chi connectivity index (χ2n) is 11.5. The van der Waals surface area contributed by atoms with Crippen molar-refractivity contribution in [3.05, 3.63) is 118 Å². The van der Waals surface area contributed by atoms with E-state index in [9.17, 15) is 4.79 Å². The number of rotatable bonds is 15. The standard InChI is InChI=1S/C37H47N3O3S2/c1-5-33(13-14-34-15-17-38-30(34)4)29(3)26-32(8-6-22-42-23-7-18-39-20-24-43-25-21-39)27-35-36(41)40(37(44)45-35)19-16-31-11-9-28(2)10-12-31/h5-6,8-12,14-15,17,26-27,30,38H,3,7,13,16,18-25H2,1-2,4H3/b8-6-,32-26+,33-5+,34-14-,35-27-. The molecule has 0 aliphatic carbocycles. The fourth-order valence-electron chi connectivity index (χ4n) is 5.26. The normalized spacial score (nSPS) is 21.6. The molecular formula is C37H47N3O3S2. The lowest BCUT2D eigenvalue weighted by atomic mass is 9.98. The minimum Gasteiger partial charge on any atom is -0.384 e. The fraction of sp³-hybridized carbons (Fsp3) is 0.405. The number of morpholine rings is 1. The van der Waals surface area contributed by atoms with Crippen LogP contribution in [0.1, 0.15) is 37.8 Å². The first kappa shape index (κ1) is 34.9. The third-order valence-electron chi connectivity index (χ3n) is 8.09. The molecule has 1 amide bonds. The highest BCUT2D eigenvalue weighted by molar-refractivity contribution is 8.26. The number of nitrogens with one attached hydrogen (secondary N) is 1. The second kappa shape index (κ2) is 18.2. The van der Waals surface area contributed by atoms with Gasteiger partial charge in [-0.25, -0.2) is 0 Å². The second-order valence-corrected chi connectivity index (χ2v) is 13.1. The average molecular weight is 646 g/mol. The summed E-state index contributed by atoms with van der Waals surface area (Å²) < 4.78 is 11.9.